The van der Waals surface area contributed by atoms with Gasteiger partial charge in [0.1, 0.15) is 0 Å². The van der Waals surface area contributed by atoms with Crippen molar-refractivity contribution in [3.63, 3.8) is 0 Å². The fourth-order valence-corrected chi connectivity index (χ4v) is 1.61. The molecule has 2 rings (SSSR count). The number of rotatable bonds is 2. The summed E-state index contributed by atoms with van der Waals surface area (Å²) in [6.45, 7) is 0. The van der Waals surface area contributed by atoms with Gasteiger partial charge in [0.25, 0.3) is 0 Å². The lowest BCUT2D eigenvalue weighted by Crippen LogP contribution is -1.74. The van der Waals surface area contributed by atoms with Gasteiger partial charge in [0, 0.05) is 4.90 Å². The molecule has 0 heterocycles. The third-order valence-corrected chi connectivity index (χ3v) is 2.60. The Kier molecular flexibility index (Phi) is 3.25. The topological polar surface area (TPSA) is 0 Å². The van der Waals surface area contributed by atoms with Gasteiger partial charge in [0.15, 0.2) is 0 Å². The van der Waals surface area contributed by atoms with Crippen LogP contribution in [0.25, 0.3) is 12.2 Å². The van der Waals surface area contributed by atoms with E-state index in [1.807, 2.05) is 36.4 Å². The van der Waals surface area contributed by atoms with E-state index in [1.54, 1.807) is 0 Å². The highest BCUT2D eigenvalue weighted by Gasteiger charge is 1.91. The van der Waals surface area contributed by atoms with E-state index < -0.39 is 0 Å². The number of benzene rings is 2. The minimum Gasteiger partial charge on any atom is -0.143 e. The molecule has 0 aliphatic rings. The van der Waals surface area contributed by atoms with Crippen LogP contribution in [0.3, 0.4) is 0 Å². The van der Waals surface area contributed by atoms with E-state index in [4.69, 9.17) is 0 Å². The summed E-state index contributed by atoms with van der Waals surface area (Å²) in [4.78, 5) is 1.00. The summed E-state index contributed by atoms with van der Waals surface area (Å²) in [6.07, 6.45) is 4.17. The van der Waals surface area contributed by atoms with Crippen LogP contribution in [0, 0.1) is 0 Å². The fourth-order valence-electron chi connectivity index (χ4n) is 1.38. The molecule has 15 heavy (non-hydrogen) atoms. The normalized spacial score (nSPS) is 10.7. The Morgan fingerprint density at radius 2 is 1.40 bits per heavy atom. The van der Waals surface area contributed by atoms with E-state index in [1.165, 1.54) is 5.56 Å². The Hall–Kier alpha value is -1.47. The molecule has 1 heteroatoms. The monoisotopic (exact) mass is 212 g/mol. The highest BCUT2D eigenvalue weighted by Crippen LogP contribution is 2.15. The van der Waals surface area contributed by atoms with Crippen molar-refractivity contribution >= 4 is 24.8 Å². The Balaban J connectivity index is 2.23. The van der Waals surface area contributed by atoms with Crippen molar-refractivity contribution in [2.75, 3.05) is 0 Å². The molecule has 0 aromatic heterocycles. The molecule has 0 aliphatic carbocycles. The van der Waals surface area contributed by atoms with E-state index in [2.05, 4.69) is 43.0 Å². The van der Waals surface area contributed by atoms with E-state index in [-0.39, 0.29) is 0 Å². The van der Waals surface area contributed by atoms with Crippen LogP contribution in [0.5, 0.6) is 0 Å². The molecule has 0 atom stereocenters. The number of hydrogen-bond acceptors (Lipinski definition) is 1. The summed E-state index contributed by atoms with van der Waals surface area (Å²) in [5.74, 6) is 0. The second-order valence-corrected chi connectivity index (χ2v) is 3.78. The van der Waals surface area contributed by atoms with Crippen LogP contribution in [0.2, 0.25) is 0 Å². The highest BCUT2D eigenvalue weighted by atomic mass is 32.1. The lowest BCUT2D eigenvalue weighted by molar-refractivity contribution is 1.44. The lowest BCUT2D eigenvalue weighted by Gasteiger charge is -1.97. The summed E-state index contributed by atoms with van der Waals surface area (Å²) in [5.41, 5.74) is 2.35. The Labute approximate surface area is 95.7 Å². The molecule has 0 amide bonds. The Bertz CT molecular complexity index is 458. The average Bonchev–Trinajstić information content (AvgIpc) is 2.29. The van der Waals surface area contributed by atoms with Gasteiger partial charge < -0.3 is 0 Å². The molecule has 0 nitrogen and oxygen atoms in total. The quantitative estimate of drug-likeness (QED) is 0.561. The molecule has 0 N–H and O–H groups in total. The van der Waals surface area contributed by atoms with Crippen molar-refractivity contribution in [1.29, 1.82) is 0 Å². The predicted octanol–water partition coefficient (Wildman–Crippen LogP) is 4.15. The van der Waals surface area contributed by atoms with Crippen LogP contribution >= 0.6 is 12.6 Å². The smallest absolute Gasteiger partial charge is 0.0113 e. The summed E-state index contributed by atoms with van der Waals surface area (Å²) < 4.78 is 0. The molecule has 2 aromatic carbocycles. The maximum Gasteiger partial charge on any atom is 0.0113 e. The lowest BCUT2D eigenvalue weighted by atomic mass is 10.1. The van der Waals surface area contributed by atoms with Crippen molar-refractivity contribution in [2.45, 2.75) is 4.90 Å². The molecular formula is C14H12S. The molecule has 0 radical (unpaired) electrons. The maximum absolute atomic E-state index is 4.39. The second-order valence-electron chi connectivity index (χ2n) is 3.30. The van der Waals surface area contributed by atoms with Crippen molar-refractivity contribution in [2.24, 2.45) is 0 Å². The molecule has 0 unspecified atom stereocenters. The summed E-state index contributed by atoms with van der Waals surface area (Å²) >= 11 is 4.39. The van der Waals surface area contributed by atoms with Gasteiger partial charge in [-0.05, 0) is 17.2 Å². The van der Waals surface area contributed by atoms with Gasteiger partial charge in [-0.2, -0.15) is 0 Å². The molecule has 0 aliphatic heterocycles. The van der Waals surface area contributed by atoms with Gasteiger partial charge in [-0.1, -0.05) is 60.7 Å². The first kappa shape index (κ1) is 10.1. The van der Waals surface area contributed by atoms with Gasteiger partial charge in [-0.15, -0.1) is 12.6 Å². The van der Waals surface area contributed by atoms with Crippen LogP contribution in [0.1, 0.15) is 11.1 Å². The first-order chi connectivity index (χ1) is 7.36. The zero-order valence-electron chi connectivity index (χ0n) is 8.30. The van der Waals surface area contributed by atoms with Crippen molar-refractivity contribution in [3.8, 4) is 0 Å². The van der Waals surface area contributed by atoms with Crippen molar-refractivity contribution < 1.29 is 0 Å². The van der Waals surface area contributed by atoms with Gasteiger partial charge >= 0.3 is 0 Å². The van der Waals surface area contributed by atoms with Gasteiger partial charge in [0.05, 0.1) is 0 Å². The molecule has 0 bridgehead atoms. The van der Waals surface area contributed by atoms with Gasteiger partial charge in [0.2, 0.25) is 0 Å². The van der Waals surface area contributed by atoms with E-state index >= 15 is 0 Å². The molecule has 0 spiro atoms. The zero-order valence-corrected chi connectivity index (χ0v) is 9.19. The SMILES string of the molecule is Sc1ccccc1C=Cc1ccccc1. The summed E-state index contributed by atoms with van der Waals surface area (Å²) in [7, 11) is 0. The summed E-state index contributed by atoms with van der Waals surface area (Å²) in [6, 6.07) is 18.3. The molecule has 0 saturated heterocycles. The Morgan fingerprint density at radius 3 is 2.13 bits per heavy atom. The van der Waals surface area contributed by atoms with E-state index in [0.717, 1.165) is 10.5 Å². The summed E-state index contributed by atoms with van der Waals surface area (Å²) in [5, 5.41) is 0. The fraction of sp³-hybridized carbons (Fsp3) is 0. The zero-order chi connectivity index (χ0) is 10.5. The maximum atomic E-state index is 4.39. The first-order valence-corrected chi connectivity index (χ1v) is 5.32. The van der Waals surface area contributed by atoms with Gasteiger partial charge in [-0.3, -0.25) is 0 Å². The molecule has 2 aromatic rings. The first-order valence-electron chi connectivity index (χ1n) is 4.87. The Morgan fingerprint density at radius 1 is 0.733 bits per heavy atom. The van der Waals surface area contributed by atoms with Crippen molar-refractivity contribution in [1.82, 2.24) is 0 Å². The third kappa shape index (κ3) is 2.74. The van der Waals surface area contributed by atoms with E-state index in [0.29, 0.717) is 0 Å². The minimum atomic E-state index is 1.00. The highest BCUT2D eigenvalue weighted by molar-refractivity contribution is 7.80. The molecule has 0 fully saturated rings. The van der Waals surface area contributed by atoms with Crippen LogP contribution in [0.15, 0.2) is 59.5 Å². The van der Waals surface area contributed by atoms with Crippen LogP contribution in [0.4, 0.5) is 0 Å². The molecular weight excluding hydrogens is 200 g/mol. The molecule has 0 saturated carbocycles. The predicted molar refractivity (Wildman–Crippen MR) is 69.1 cm³/mol. The van der Waals surface area contributed by atoms with Crippen LogP contribution in [-0.4, -0.2) is 0 Å². The standard InChI is InChI=1S/C14H12S/c15-14-9-5-4-8-13(14)11-10-12-6-2-1-3-7-12/h1-11,15H. The average molecular weight is 212 g/mol. The number of thiol groups is 1. The third-order valence-electron chi connectivity index (χ3n) is 2.19. The van der Waals surface area contributed by atoms with Crippen molar-refractivity contribution in [3.05, 3.63) is 65.7 Å². The second kappa shape index (κ2) is 4.85. The van der Waals surface area contributed by atoms with Crippen LogP contribution in [-0.2, 0) is 0 Å². The number of hydrogen-bond donors (Lipinski definition) is 1. The van der Waals surface area contributed by atoms with Crippen LogP contribution < -0.4 is 0 Å². The largest absolute Gasteiger partial charge is 0.143 e. The molecule has 74 valence electrons. The minimum absolute atomic E-state index is 1.00. The van der Waals surface area contributed by atoms with Gasteiger partial charge in [-0.25, -0.2) is 0 Å². The van der Waals surface area contributed by atoms with E-state index in [9.17, 15) is 0 Å².